The largest absolute Gasteiger partial charge is 0.328 e. The van der Waals surface area contributed by atoms with Gasteiger partial charge in [0, 0.05) is 6.04 Å². The molecule has 3 N–H and O–H groups in total. The van der Waals surface area contributed by atoms with E-state index >= 15 is 0 Å². The van der Waals surface area contributed by atoms with Crippen LogP contribution in [0.1, 0.15) is 66.7 Å². The van der Waals surface area contributed by atoms with E-state index in [1.807, 2.05) is 0 Å². The predicted octanol–water partition coefficient (Wildman–Crippen LogP) is 3.56. The second-order valence-electron chi connectivity index (χ2n) is 6.95. The minimum absolute atomic E-state index is 0.346. The Bertz CT molecular complexity index is 170. The number of hydrogen-bond donors (Lipinski definition) is 2. The molecule has 0 aliphatic heterocycles. The van der Waals surface area contributed by atoms with E-state index in [4.69, 9.17) is 5.73 Å². The van der Waals surface area contributed by atoms with E-state index in [0.29, 0.717) is 11.5 Å². The van der Waals surface area contributed by atoms with E-state index < -0.39 is 0 Å². The van der Waals surface area contributed by atoms with Crippen molar-refractivity contribution in [2.75, 3.05) is 13.1 Å². The molecular formula is C15H34N2. The molecule has 1 atom stereocenters. The maximum absolute atomic E-state index is 6.10. The van der Waals surface area contributed by atoms with Crippen molar-refractivity contribution in [1.29, 1.82) is 0 Å². The summed E-state index contributed by atoms with van der Waals surface area (Å²) in [6.07, 6.45) is 6.21. The van der Waals surface area contributed by atoms with E-state index in [-0.39, 0.29) is 0 Å². The average molecular weight is 242 g/mol. The van der Waals surface area contributed by atoms with Crippen LogP contribution in [-0.2, 0) is 0 Å². The first-order valence-electron chi connectivity index (χ1n) is 7.27. The van der Waals surface area contributed by atoms with Crippen molar-refractivity contribution < 1.29 is 0 Å². The summed E-state index contributed by atoms with van der Waals surface area (Å²) in [7, 11) is 0. The zero-order chi connectivity index (χ0) is 13.3. The first-order valence-corrected chi connectivity index (χ1v) is 7.27. The first kappa shape index (κ1) is 16.9. The molecule has 0 aliphatic carbocycles. The van der Waals surface area contributed by atoms with E-state index in [2.05, 4.69) is 39.9 Å². The number of hydrogen-bond acceptors (Lipinski definition) is 2. The van der Waals surface area contributed by atoms with Gasteiger partial charge in [-0.2, -0.15) is 0 Å². The lowest BCUT2D eigenvalue weighted by Crippen LogP contribution is -2.30. The SMILES string of the molecule is CC(C)CCCCNCCC(N)CC(C)(C)C. The van der Waals surface area contributed by atoms with Gasteiger partial charge >= 0.3 is 0 Å². The van der Waals surface area contributed by atoms with E-state index in [9.17, 15) is 0 Å². The third-order valence-electron chi connectivity index (χ3n) is 2.95. The van der Waals surface area contributed by atoms with Gasteiger partial charge in [0.15, 0.2) is 0 Å². The quantitative estimate of drug-likeness (QED) is 0.607. The van der Waals surface area contributed by atoms with E-state index in [1.54, 1.807) is 0 Å². The van der Waals surface area contributed by atoms with Crippen LogP contribution in [0.25, 0.3) is 0 Å². The van der Waals surface area contributed by atoms with E-state index in [0.717, 1.165) is 31.8 Å². The molecule has 0 aliphatic rings. The van der Waals surface area contributed by atoms with Crippen molar-refractivity contribution in [3.05, 3.63) is 0 Å². The van der Waals surface area contributed by atoms with Crippen LogP contribution in [0.3, 0.4) is 0 Å². The maximum atomic E-state index is 6.10. The Balaban J connectivity index is 3.28. The highest BCUT2D eigenvalue weighted by molar-refractivity contribution is 4.72. The molecule has 1 unspecified atom stereocenters. The van der Waals surface area contributed by atoms with Crippen LogP contribution in [-0.4, -0.2) is 19.1 Å². The fraction of sp³-hybridized carbons (Fsp3) is 1.00. The fourth-order valence-corrected chi connectivity index (χ4v) is 2.10. The molecule has 0 aromatic carbocycles. The Hall–Kier alpha value is -0.0800. The Morgan fingerprint density at radius 2 is 1.65 bits per heavy atom. The van der Waals surface area contributed by atoms with Crippen molar-refractivity contribution >= 4 is 0 Å². The lowest BCUT2D eigenvalue weighted by molar-refractivity contribution is 0.329. The lowest BCUT2D eigenvalue weighted by Gasteiger charge is -2.23. The molecule has 0 rings (SSSR count). The van der Waals surface area contributed by atoms with Crippen molar-refractivity contribution in [1.82, 2.24) is 5.32 Å². The zero-order valence-corrected chi connectivity index (χ0v) is 12.7. The molecule has 2 heteroatoms. The summed E-state index contributed by atoms with van der Waals surface area (Å²) < 4.78 is 0. The molecular weight excluding hydrogens is 208 g/mol. The van der Waals surface area contributed by atoms with Gasteiger partial charge < -0.3 is 11.1 Å². The Morgan fingerprint density at radius 1 is 1.00 bits per heavy atom. The molecule has 2 nitrogen and oxygen atoms in total. The van der Waals surface area contributed by atoms with Crippen molar-refractivity contribution in [3.63, 3.8) is 0 Å². The predicted molar refractivity (Wildman–Crippen MR) is 78.2 cm³/mol. The van der Waals surface area contributed by atoms with Crippen LogP contribution in [0, 0.1) is 11.3 Å². The fourth-order valence-electron chi connectivity index (χ4n) is 2.10. The highest BCUT2D eigenvalue weighted by atomic mass is 14.9. The minimum atomic E-state index is 0.346. The molecule has 0 amide bonds. The standard InChI is InChI=1S/C15H34N2/c1-13(2)8-6-7-10-17-11-9-14(16)12-15(3,4)5/h13-14,17H,6-12,16H2,1-5H3. The Kier molecular flexibility index (Phi) is 8.89. The summed E-state index contributed by atoms with van der Waals surface area (Å²) in [6, 6.07) is 0.346. The van der Waals surface area contributed by atoms with Gasteiger partial charge in [-0.05, 0) is 43.7 Å². The number of nitrogens with two attached hydrogens (primary N) is 1. The Morgan fingerprint density at radius 3 is 2.18 bits per heavy atom. The summed E-state index contributed by atoms with van der Waals surface area (Å²) in [5, 5.41) is 3.50. The molecule has 0 bridgehead atoms. The highest BCUT2D eigenvalue weighted by Gasteiger charge is 2.14. The van der Waals surface area contributed by atoms with Crippen LogP contribution < -0.4 is 11.1 Å². The summed E-state index contributed by atoms with van der Waals surface area (Å²) in [6.45, 7) is 13.6. The third-order valence-corrected chi connectivity index (χ3v) is 2.95. The molecule has 0 heterocycles. The number of rotatable bonds is 9. The molecule has 17 heavy (non-hydrogen) atoms. The van der Waals surface area contributed by atoms with Gasteiger partial charge in [0.05, 0.1) is 0 Å². The summed E-state index contributed by atoms with van der Waals surface area (Å²) in [5.41, 5.74) is 6.46. The molecule has 0 saturated heterocycles. The van der Waals surface area contributed by atoms with Crippen LogP contribution in [0.2, 0.25) is 0 Å². The maximum Gasteiger partial charge on any atom is 0.00558 e. The van der Waals surface area contributed by atoms with Crippen LogP contribution in [0.4, 0.5) is 0 Å². The molecule has 0 aromatic heterocycles. The van der Waals surface area contributed by atoms with Crippen molar-refractivity contribution in [2.24, 2.45) is 17.1 Å². The van der Waals surface area contributed by atoms with Gasteiger partial charge in [-0.15, -0.1) is 0 Å². The third kappa shape index (κ3) is 13.9. The van der Waals surface area contributed by atoms with Gasteiger partial charge in [-0.25, -0.2) is 0 Å². The van der Waals surface area contributed by atoms with Gasteiger partial charge in [-0.1, -0.05) is 47.5 Å². The zero-order valence-electron chi connectivity index (χ0n) is 12.7. The molecule has 0 aromatic rings. The van der Waals surface area contributed by atoms with Crippen LogP contribution >= 0.6 is 0 Å². The van der Waals surface area contributed by atoms with Gasteiger partial charge in [-0.3, -0.25) is 0 Å². The minimum Gasteiger partial charge on any atom is -0.328 e. The normalized spacial score (nSPS) is 14.3. The summed E-state index contributed by atoms with van der Waals surface area (Å²) >= 11 is 0. The summed E-state index contributed by atoms with van der Waals surface area (Å²) in [4.78, 5) is 0. The van der Waals surface area contributed by atoms with Crippen LogP contribution in [0.5, 0.6) is 0 Å². The number of unbranched alkanes of at least 4 members (excludes halogenated alkanes) is 1. The molecule has 0 spiro atoms. The van der Waals surface area contributed by atoms with Gasteiger partial charge in [0.25, 0.3) is 0 Å². The monoisotopic (exact) mass is 242 g/mol. The summed E-state index contributed by atoms with van der Waals surface area (Å²) in [5.74, 6) is 0.843. The van der Waals surface area contributed by atoms with E-state index in [1.165, 1.54) is 19.3 Å². The number of nitrogens with one attached hydrogen (secondary N) is 1. The van der Waals surface area contributed by atoms with Crippen molar-refractivity contribution in [2.45, 2.75) is 72.8 Å². The van der Waals surface area contributed by atoms with Crippen LogP contribution in [0.15, 0.2) is 0 Å². The molecule has 0 radical (unpaired) electrons. The second-order valence-corrected chi connectivity index (χ2v) is 6.95. The lowest BCUT2D eigenvalue weighted by atomic mass is 9.87. The average Bonchev–Trinajstić information content (AvgIpc) is 2.12. The molecule has 0 saturated carbocycles. The molecule has 104 valence electrons. The van der Waals surface area contributed by atoms with Crippen molar-refractivity contribution in [3.8, 4) is 0 Å². The first-order chi connectivity index (χ1) is 7.81. The topological polar surface area (TPSA) is 38.0 Å². The van der Waals surface area contributed by atoms with Gasteiger partial charge in [0.2, 0.25) is 0 Å². The Labute approximate surface area is 109 Å². The van der Waals surface area contributed by atoms with Gasteiger partial charge in [0.1, 0.15) is 0 Å². The highest BCUT2D eigenvalue weighted by Crippen LogP contribution is 2.20. The smallest absolute Gasteiger partial charge is 0.00558 e. The molecule has 0 fully saturated rings. The second kappa shape index (κ2) is 8.93.